The van der Waals surface area contributed by atoms with Crippen LogP contribution in [0, 0.1) is 31.0 Å². The number of anilines is 1. The number of nitriles is 1. The largest absolute Gasteiger partial charge is 0.381 e. The van der Waals surface area contributed by atoms with Crippen molar-refractivity contribution >= 4 is 5.69 Å². The van der Waals surface area contributed by atoms with E-state index in [2.05, 4.69) is 11.4 Å². The predicted octanol–water partition coefficient (Wildman–Crippen LogP) is 3.93. The summed E-state index contributed by atoms with van der Waals surface area (Å²) in [4.78, 5) is 0. The lowest BCUT2D eigenvalue weighted by molar-refractivity contribution is 0.612. The normalized spacial score (nSPS) is 10.0. The van der Waals surface area contributed by atoms with Gasteiger partial charge < -0.3 is 5.32 Å². The first-order valence-corrected chi connectivity index (χ1v) is 6.09. The highest BCUT2D eigenvalue weighted by Crippen LogP contribution is 2.16. The van der Waals surface area contributed by atoms with Crippen molar-refractivity contribution in [3.05, 3.63) is 64.5 Å². The number of rotatable bonds is 3. The third-order valence-corrected chi connectivity index (χ3v) is 2.89. The van der Waals surface area contributed by atoms with Gasteiger partial charge in [-0.2, -0.15) is 5.26 Å². The summed E-state index contributed by atoms with van der Waals surface area (Å²) < 4.78 is 13.7. The van der Waals surface area contributed by atoms with Crippen LogP contribution in [0.3, 0.4) is 0 Å². The lowest BCUT2D eigenvalue weighted by Crippen LogP contribution is -2.02. The molecule has 3 heteroatoms. The molecule has 0 aliphatic heterocycles. The molecular formula is C16H15FN2. The summed E-state index contributed by atoms with van der Waals surface area (Å²) in [5, 5.41) is 11.9. The molecule has 2 aromatic carbocycles. The Hall–Kier alpha value is -2.34. The van der Waals surface area contributed by atoms with Crippen molar-refractivity contribution < 1.29 is 4.39 Å². The molecule has 0 fully saturated rings. The summed E-state index contributed by atoms with van der Waals surface area (Å²) in [5.41, 5.74) is 4.21. The maximum Gasteiger partial charge on any atom is 0.129 e. The monoisotopic (exact) mass is 254 g/mol. The third-order valence-electron chi connectivity index (χ3n) is 2.89. The van der Waals surface area contributed by atoms with Crippen molar-refractivity contribution in [3.8, 4) is 6.07 Å². The second-order valence-corrected chi connectivity index (χ2v) is 4.65. The van der Waals surface area contributed by atoms with Crippen LogP contribution in [0.25, 0.3) is 0 Å². The van der Waals surface area contributed by atoms with Gasteiger partial charge >= 0.3 is 0 Å². The minimum absolute atomic E-state index is 0.340. The number of benzene rings is 2. The van der Waals surface area contributed by atoms with Gasteiger partial charge in [-0.1, -0.05) is 12.1 Å². The van der Waals surface area contributed by atoms with E-state index in [0.29, 0.717) is 17.7 Å². The molecule has 0 aromatic heterocycles. The smallest absolute Gasteiger partial charge is 0.129 e. The van der Waals surface area contributed by atoms with Crippen LogP contribution in [0.2, 0.25) is 0 Å². The molecule has 0 atom stereocenters. The lowest BCUT2D eigenvalue weighted by Gasteiger charge is -2.09. The van der Waals surface area contributed by atoms with Crippen LogP contribution in [0.15, 0.2) is 36.4 Å². The average molecular weight is 254 g/mol. The molecule has 0 unspecified atom stereocenters. The molecule has 2 nitrogen and oxygen atoms in total. The van der Waals surface area contributed by atoms with Gasteiger partial charge in [-0.05, 0) is 49.2 Å². The summed E-state index contributed by atoms with van der Waals surface area (Å²) in [6, 6.07) is 12.6. The van der Waals surface area contributed by atoms with Crippen LogP contribution in [0.5, 0.6) is 0 Å². The standard InChI is InChI=1S/C16H15FN2/c1-11-5-12(2)7-15(6-11)19-10-14-4-3-13(9-18)8-16(14)17/h3-8,19H,10H2,1-2H3. The van der Waals surface area contributed by atoms with Gasteiger partial charge in [-0.15, -0.1) is 0 Å². The Balaban J connectivity index is 2.12. The van der Waals surface area contributed by atoms with Crippen molar-refractivity contribution in [1.29, 1.82) is 5.26 Å². The van der Waals surface area contributed by atoms with Crippen LogP contribution in [-0.2, 0) is 6.54 Å². The van der Waals surface area contributed by atoms with Crippen LogP contribution in [0.1, 0.15) is 22.3 Å². The Morgan fingerprint density at radius 3 is 2.37 bits per heavy atom. The van der Waals surface area contributed by atoms with E-state index in [9.17, 15) is 4.39 Å². The molecule has 0 saturated heterocycles. The van der Waals surface area contributed by atoms with Gasteiger partial charge in [0.1, 0.15) is 5.82 Å². The lowest BCUT2D eigenvalue weighted by atomic mass is 10.1. The van der Waals surface area contributed by atoms with Crippen molar-refractivity contribution in [2.45, 2.75) is 20.4 Å². The Labute approximate surface area is 112 Å². The van der Waals surface area contributed by atoms with Crippen LogP contribution in [0.4, 0.5) is 10.1 Å². The summed E-state index contributed by atoms with van der Waals surface area (Å²) in [6.45, 7) is 4.46. The van der Waals surface area contributed by atoms with E-state index >= 15 is 0 Å². The van der Waals surface area contributed by atoms with Crippen LogP contribution in [-0.4, -0.2) is 0 Å². The zero-order valence-corrected chi connectivity index (χ0v) is 11.0. The molecule has 96 valence electrons. The SMILES string of the molecule is Cc1cc(C)cc(NCc2ccc(C#N)cc2F)c1. The first-order chi connectivity index (χ1) is 9.08. The maximum atomic E-state index is 13.7. The van der Waals surface area contributed by atoms with Crippen molar-refractivity contribution in [1.82, 2.24) is 0 Å². The molecule has 0 bridgehead atoms. The molecule has 1 N–H and O–H groups in total. The first kappa shape index (κ1) is 13.1. The average Bonchev–Trinajstić information content (AvgIpc) is 2.36. The number of nitrogens with one attached hydrogen (secondary N) is 1. The summed E-state index contributed by atoms with van der Waals surface area (Å²) >= 11 is 0. The number of hydrogen-bond acceptors (Lipinski definition) is 2. The van der Waals surface area contributed by atoms with E-state index in [1.807, 2.05) is 32.0 Å². The topological polar surface area (TPSA) is 35.8 Å². The molecule has 0 amide bonds. The van der Waals surface area contributed by atoms with E-state index < -0.39 is 0 Å². The Kier molecular flexibility index (Phi) is 3.82. The molecular weight excluding hydrogens is 239 g/mol. The highest BCUT2D eigenvalue weighted by molar-refractivity contribution is 5.49. The molecule has 2 rings (SSSR count). The van der Waals surface area contributed by atoms with E-state index in [4.69, 9.17) is 5.26 Å². The highest BCUT2D eigenvalue weighted by Gasteiger charge is 2.04. The van der Waals surface area contributed by atoms with Gasteiger partial charge in [0.05, 0.1) is 11.6 Å². The van der Waals surface area contributed by atoms with Gasteiger partial charge in [-0.25, -0.2) is 4.39 Å². The zero-order valence-electron chi connectivity index (χ0n) is 11.0. The summed E-state index contributed by atoms with van der Waals surface area (Å²) in [5.74, 6) is -0.351. The highest BCUT2D eigenvalue weighted by atomic mass is 19.1. The van der Waals surface area contributed by atoms with E-state index in [1.165, 1.54) is 17.2 Å². The van der Waals surface area contributed by atoms with Crippen molar-refractivity contribution in [2.24, 2.45) is 0 Å². The molecule has 0 heterocycles. The Morgan fingerprint density at radius 2 is 1.79 bits per heavy atom. The third kappa shape index (κ3) is 3.32. The minimum atomic E-state index is -0.351. The molecule has 0 aliphatic carbocycles. The number of hydrogen-bond donors (Lipinski definition) is 1. The van der Waals surface area contributed by atoms with Gasteiger partial charge in [0.25, 0.3) is 0 Å². The molecule has 0 radical (unpaired) electrons. The van der Waals surface area contributed by atoms with Gasteiger partial charge in [0.15, 0.2) is 0 Å². The van der Waals surface area contributed by atoms with E-state index in [0.717, 1.165) is 5.69 Å². The Morgan fingerprint density at radius 1 is 1.11 bits per heavy atom. The molecule has 0 spiro atoms. The second-order valence-electron chi connectivity index (χ2n) is 4.65. The van der Waals surface area contributed by atoms with Gasteiger partial charge in [0, 0.05) is 17.8 Å². The number of aryl methyl sites for hydroxylation is 2. The summed E-state index contributed by atoms with van der Waals surface area (Å²) in [6.07, 6.45) is 0. The van der Waals surface area contributed by atoms with Crippen LogP contribution < -0.4 is 5.32 Å². The van der Waals surface area contributed by atoms with E-state index in [-0.39, 0.29) is 5.82 Å². The summed E-state index contributed by atoms with van der Waals surface area (Å²) in [7, 11) is 0. The van der Waals surface area contributed by atoms with Gasteiger partial charge in [-0.3, -0.25) is 0 Å². The fourth-order valence-corrected chi connectivity index (χ4v) is 2.03. The van der Waals surface area contributed by atoms with Crippen molar-refractivity contribution in [2.75, 3.05) is 5.32 Å². The molecule has 19 heavy (non-hydrogen) atoms. The fourth-order valence-electron chi connectivity index (χ4n) is 2.03. The van der Waals surface area contributed by atoms with Crippen molar-refractivity contribution in [3.63, 3.8) is 0 Å². The first-order valence-electron chi connectivity index (χ1n) is 6.09. The Bertz CT molecular complexity index is 621. The quantitative estimate of drug-likeness (QED) is 0.900. The molecule has 0 aliphatic rings. The maximum absolute atomic E-state index is 13.7. The number of nitrogens with zero attached hydrogens (tertiary/aromatic N) is 1. The number of halogens is 1. The predicted molar refractivity (Wildman–Crippen MR) is 74.4 cm³/mol. The molecule has 0 saturated carbocycles. The minimum Gasteiger partial charge on any atom is -0.381 e. The zero-order chi connectivity index (χ0) is 13.8. The fraction of sp³-hybridized carbons (Fsp3) is 0.188. The van der Waals surface area contributed by atoms with Crippen LogP contribution >= 0.6 is 0 Å². The second kappa shape index (κ2) is 5.53. The van der Waals surface area contributed by atoms with E-state index in [1.54, 1.807) is 12.1 Å². The molecule has 2 aromatic rings. The van der Waals surface area contributed by atoms with Gasteiger partial charge in [0.2, 0.25) is 0 Å².